The van der Waals surface area contributed by atoms with E-state index < -0.39 is 11.3 Å². The molecular weight excluding hydrogens is 220 g/mol. The zero-order valence-electron chi connectivity index (χ0n) is 7.28. The molecule has 2 rings (SSSR count). The van der Waals surface area contributed by atoms with Gasteiger partial charge in [-0.25, -0.2) is 0 Å². The van der Waals surface area contributed by atoms with Crippen LogP contribution in [0.15, 0.2) is 23.1 Å². The van der Waals surface area contributed by atoms with Crippen molar-refractivity contribution in [2.45, 2.75) is 4.90 Å². The van der Waals surface area contributed by atoms with Crippen molar-refractivity contribution in [1.82, 2.24) is 0 Å². The second kappa shape index (κ2) is 4.20. The van der Waals surface area contributed by atoms with Gasteiger partial charge in [0.2, 0.25) is 0 Å². The van der Waals surface area contributed by atoms with Crippen LogP contribution in [0.4, 0.5) is 11.4 Å². The fourth-order valence-electron chi connectivity index (χ4n) is 1.34. The minimum atomic E-state index is -2.26. The molecule has 0 saturated heterocycles. The number of rotatable bonds is 2. The van der Waals surface area contributed by atoms with Gasteiger partial charge in [0.05, 0.1) is 10.6 Å². The number of thioether (sulfide) groups is 1. The molecule has 0 bridgehead atoms. The van der Waals surface area contributed by atoms with Gasteiger partial charge < -0.3 is 14.6 Å². The third kappa shape index (κ3) is 2.02. The molecule has 1 aromatic rings. The van der Waals surface area contributed by atoms with Crippen LogP contribution in [0.5, 0.6) is 0 Å². The molecule has 0 fully saturated rings. The Bertz CT molecular complexity index is 370. The van der Waals surface area contributed by atoms with Gasteiger partial charge in [-0.05, 0) is 12.1 Å². The van der Waals surface area contributed by atoms with Crippen molar-refractivity contribution in [3.63, 3.8) is 0 Å². The summed E-state index contributed by atoms with van der Waals surface area (Å²) in [5, 5.41) is 3.21. The highest BCUT2D eigenvalue weighted by Crippen LogP contribution is 2.37. The normalized spacial score (nSPS) is 16.6. The molecular formula is C8H9N2O2S2-. The summed E-state index contributed by atoms with van der Waals surface area (Å²) in [4.78, 5) is 0.975. The van der Waals surface area contributed by atoms with Crippen molar-refractivity contribution in [3.05, 3.63) is 18.2 Å². The summed E-state index contributed by atoms with van der Waals surface area (Å²) in [6.07, 6.45) is 0. The number of nitrogens with one attached hydrogen (secondary N) is 2. The van der Waals surface area contributed by atoms with Crippen LogP contribution >= 0.6 is 11.8 Å². The van der Waals surface area contributed by atoms with E-state index in [0.717, 1.165) is 22.9 Å². The van der Waals surface area contributed by atoms with E-state index in [9.17, 15) is 8.76 Å². The lowest BCUT2D eigenvalue weighted by molar-refractivity contribution is 0.542. The van der Waals surface area contributed by atoms with E-state index >= 15 is 0 Å². The summed E-state index contributed by atoms with van der Waals surface area (Å²) < 4.78 is 23.4. The van der Waals surface area contributed by atoms with Gasteiger partial charge in [-0.15, -0.1) is 11.8 Å². The van der Waals surface area contributed by atoms with Crippen molar-refractivity contribution < 1.29 is 8.76 Å². The average Bonchev–Trinajstić information content (AvgIpc) is 2.18. The van der Waals surface area contributed by atoms with Crippen LogP contribution in [0.25, 0.3) is 0 Å². The zero-order valence-corrected chi connectivity index (χ0v) is 8.91. The number of anilines is 2. The molecule has 1 aliphatic heterocycles. The third-order valence-electron chi connectivity index (χ3n) is 1.87. The lowest BCUT2D eigenvalue weighted by Gasteiger charge is -2.21. The van der Waals surface area contributed by atoms with E-state index in [2.05, 4.69) is 10.0 Å². The Morgan fingerprint density at radius 3 is 3.21 bits per heavy atom. The summed E-state index contributed by atoms with van der Waals surface area (Å²) in [5.74, 6) is 0.956. The highest BCUT2D eigenvalue weighted by atomic mass is 32.2. The molecule has 76 valence electrons. The predicted molar refractivity (Wildman–Crippen MR) is 58.2 cm³/mol. The molecule has 0 aromatic heterocycles. The molecule has 4 nitrogen and oxygen atoms in total. The highest BCUT2D eigenvalue weighted by Gasteiger charge is 2.12. The zero-order chi connectivity index (χ0) is 9.97. The van der Waals surface area contributed by atoms with Gasteiger partial charge in [0.1, 0.15) is 0 Å². The predicted octanol–water partition coefficient (Wildman–Crippen LogP) is 1.41. The van der Waals surface area contributed by atoms with Crippen LogP contribution in [-0.4, -0.2) is 21.1 Å². The Kier molecular flexibility index (Phi) is 2.95. The molecule has 1 aromatic carbocycles. The quantitative estimate of drug-likeness (QED) is 0.753. The topological polar surface area (TPSA) is 64.2 Å². The molecule has 0 saturated carbocycles. The van der Waals surface area contributed by atoms with E-state index in [1.165, 1.54) is 0 Å². The SMILES string of the molecule is O=S([O-])Nc1cccc2c1SCCN2. The van der Waals surface area contributed by atoms with E-state index in [4.69, 9.17) is 0 Å². The highest BCUT2D eigenvalue weighted by molar-refractivity contribution is 7.99. The molecule has 6 heteroatoms. The van der Waals surface area contributed by atoms with E-state index in [0.29, 0.717) is 5.69 Å². The molecule has 1 unspecified atom stereocenters. The maximum Gasteiger partial charge on any atom is 0.0609 e. The molecule has 0 amide bonds. The molecule has 0 aliphatic carbocycles. The van der Waals surface area contributed by atoms with Gasteiger partial charge in [-0.1, -0.05) is 6.07 Å². The Morgan fingerprint density at radius 2 is 2.43 bits per heavy atom. The number of fused-ring (bicyclic) bond motifs is 1. The van der Waals surface area contributed by atoms with E-state index in [1.807, 2.05) is 12.1 Å². The largest absolute Gasteiger partial charge is 0.755 e. The maximum atomic E-state index is 10.5. The molecule has 1 heterocycles. The van der Waals surface area contributed by atoms with Crippen LogP contribution in [-0.2, 0) is 11.3 Å². The minimum Gasteiger partial charge on any atom is -0.755 e. The first-order valence-corrected chi connectivity index (χ1v) is 6.19. The summed E-state index contributed by atoms with van der Waals surface area (Å²) in [7, 11) is 0. The number of hydrogen-bond donors (Lipinski definition) is 2. The van der Waals surface area contributed by atoms with Crippen molar-refractivity contribution in [3.8, 4) is 0 Å². The van der Waals surface area contributed by atoms with Crippen LogP contribution in [0, 0.1) is 0 Å². The van der Waals surface area contributed by atoms with E-state index in [-0.39, 0.29) is 0 Å². The van der Waals surface area contributed by atoms with Crippen LogP contribution in [0.3, 0.4) is 0 Å². The third-order valence-corrected chi connectivity index (χ3v) is 3.40. The minimum absolute atomic E-state index is 0.646. The van der Waals surface area contributed by atoms with Gasteiger partial charge in [-0.3, -0.25) is 4.21 Å². The van der Waals surface area contributed by atoms with Gasteiger partial charge in [0.25, 0.3) is 0 Å². The molecule has 14 heavy (non-hydrogen) atoms. The molecule has 1 atom stereocenters. The summed E-state index contributed by atoms with van der Waals surface area (Å²) >= 11 is -0.597. The first-order valence-electron chi connectivity index (χ1n) is 4.13. The summed E-state index contributed by atoms with van der Waals surface area (Å²) in [5.41, 5.74) is 1.64. The maximum absolute atomic E-state index is 10.5. The van der Waals surface area contributed by atoms with Crippen LogP contribution < -0.4 is 10.0 Å². The molecule has 0 radical (unpaired) electrons. The number of hydrogen-bond acceptors (Lipinski definition) is 4. The Balaban J connectivity index is 2.35. The van der Waals surface area contributed by atoms with Gasteiger partial charge in [0.15, 0.2) is 0 Å². The summed E-state index contributed by atoms with van der Waals surface area (Å²) in [6, 6.07) is 5.53. The van der Waals surface area contributed by atoms with Crippen molar-refractivity contribution >= 4 is 34.4 Å². The Labute approximate surface area is 88.9 Å². The first-order chi connectivity index (χ1) is 6.77. The smallest absolute Gasteiger partial charge is 0.0609 e. The lowest BCUT2D eigenvalue weighted by atomic mass is 10.3. The second-order valence-electron chi connectivity index (χ2n) is 2.79. The monoisotopic (exact) mass is 229 g/mol. The van der Waals surface area contributed by atoms with Crippen molar-refractivity contribution in [1.29, 1.82) is 0 Å². The van der Waals surface area contributed by atoms with E-state index in [1.54, 1.807) is 17.8 Å². The van der Waals surface area contributed by atoms with Crippen molar-refractivity contribution in [2.75, 3.05) is 22.3 Å². The fraction of sp³-hybridized carbons (Fsp3) is 0.250. The van der Waals surface area contributed by atoms with Crippen LogP contribution in [0.1, 0.15) is 0 Å². The number of benzene rings is 1. The average molecular weight is 229 g/mol. The molecule has 0 spiro atoms. The Morgan fingerprint density at radius 1 is 1.57 bits per heavy atom. The lowest BCUT2D eigenvalue weighted by Crippen LogP contribution is -2.12. The fourth-order valence-corrected chi connectivity index (χ4v) is 2.73. The van der Waals surface area contributed by atoms with Gasteiger partial charge in [0, 0.05) is 29.3 Å². The van der Waals surface area contributed by atoms with Crippen LogP contribution in [0.2, 0.25) is 0 Å². The first kappa shape index (κ1) is 9.82. The van der Waals surface area contributed by atoms with Crippen molar-refractivity contribution in [2.24, 2.45) is 0 Å². The van der Waals surface area contributed by atoms with Gasteiger partial charge in [-0.2, -0.15) is 0 Å². The summed E-state index contributed by atoms with van der Waals surface area (Å²) in [6.45, 7) is 0.918. The molecule has 1 aliphatic rings. The molecule has 2 N–H and O–H groups in total. The standard InChI is InChI=1S/C8H10N2O2S2/c11-14(12)10-7-3-1-2-6-8(7)13-5-4-9-6/h1-3,9-10H,4-5H2,(H,11,12)/p-1. The van der Waals surface area contributed by atoms with Gasteiger partial charge >= 0.3 is 0 Å². The Hall–Kier alpha value is -0.720. The second-order valence-corrected chi connectivity index (χ2v) is 4.57.